The largest absolute Gasteiger partial charge is 0.465 e. The zero-order valence-electron chi connectivity index (χ0n) is 13.0. The van der Waals surface area contributed by atoms with Crippen molar-refractivity contribution in [3.05, 3.63) is 29.3 Å². The molecule has 0 heterocycles. The Morgan fingerprint density at radius 1 is 1.43 bits per heavy atom. The Balaban J connectivity index is 2.71. The van der Waals surface area contributed by atoms with E-state index in [4.69, 9.17) is 4.74 Å². The van der Waals surface area contributed by atoms with Crippen molar-refractivity contribution < 1.29 is 9.53 Å². The average molecular weight is 306 g/mol. The number of hydrogen-bond donors (Lipinski definition) is 1. The molecule has 0 radical (unpaired) electrons. The van der Waals surface area contributed by atoms with E-state index in [-0.39, 0.29) is 17.3 Å². The molecule has 0 aliphatic carbocycles. The Bertz CT molecular complexity index is 530. The molecule has 0 aromatic heterocycles. The highest BCUT2D eigenvalue weighted by Gasteiger charge is 2.11. The van der Waals surface area contributed by atoms with E-state index in [0.29, 0.717) is 18.7 Å². The van der Waals surface area contributed by atoms with E-state index in [1.54, 1.807) is 6.92 Å². The molecule has 0 saturated carbocycles. The summed E-state index contributed by atoms with van der Waals surface area (Å²) in [4.78, 5) is 12.2. The fraction of sp³-hybridized carbons (Fsp3) is 0.500. The van der Waals surface area contributed by atoms with Crippen molar-refractivity contribution in [2.75, 3.05) is 12.4 Å². The number of esters is 1. The van der Waals surface area contributed by atoms with Crippen LogP contribution in [0.5, 0.6) is 0 Å². The summed E-state index contributed by atoms with van der Waals surface area (Å²) in [6.45, 7) is 9.16. The maximum absolute atomic E-state index is 11.4. The van der Waals surface area contributed by atoms with Gasteiger partial charge < -0.3 is 10.1 Å². The van der Waals surface area contributed by atoms with Gasteiger partial charge >= 0.3 is 5.97 Å². The van der Waals surface area contributed by atoms with Gasteiger partial charge in [-0.3, -0.25) is 4.79 Å². The number of carbonyl (C=O) groups is 1. The zero-order valence-corrected chi connectivity index (χ0v) is 13.8. The first-order valence-electron chi connectivity index (χ1n) is 6.92. The third kappa shape index (κ3) is 6.65. The fourth-order valence-electron chi connectivity index (χ4n) is 1.61. The maximum Gasteiger partial charge on any atom is 0.316 e. The summed E-state index contributed by atoms with van der Waals surface area (Å²) in [6, 6.07) is 7.93. The lowest BCUT2D eigenvalue weighted by Crippen LogP contribution is -2.35. The summed E-state index contributed by atoms with van der Waals surface area (Å²) in [5.41, 5.74) is 1.68. The first kappa shape index (κ1) is 17.5. The van der Waals surface area contributed by atoms with Crippen LogP contribution in [0, 0.1) is 11.3 Å². The molecule has 0 saturated heterocycles. The van der Waals surface area contributed by atoms with Gasteiger partial charge in [-0.25, -0.2) is 0 Å². The van der Waals surface area contributed by atoms with E-state index in [0.717, 1.165) is 10.5 Å². The Hall–Kier alpha value is -1.51. The Labute approximate surface area is 130 Å². The van der Waals surface area contributed by atoms with Gasteiger partial charge in [0.15, 0.2) is 0 Å². The van der Waals surface area contributed by atoms with Crippen LogP contribution in [-0.2, 0) is 16.1 Å². The van der Waals surface area contributed by atoms with Gasteiger partial charge in [0, 0.05) is 17.0 Å². The van der Waals surface area contributed by atoms with Crippen LogP contribution in [0.3, 0.4) is 0 Å². The van der Waals surface area contributed by atoms with Crippen LogP contribution in [-0.4, -0.2) is 23.9 Å². The van der Waals surface area contributed by atoms with Crippen LogP contribution in [0.2, 0.25) is 0 Å². The predicted molar refractivity (Wildman–Crippen MR) is 85.1 cm³/mol. The third-order valence-electron chi connectivity index (χ3n) is 2.64. The van der Waals surface area contributed by atoms with Gasteiger partial charge in [0.05, 0.1) is 17.9 Å². The second-order valence-corrected chi connectivity index (χ2v) is 6.66. The number of nitrogens with one attached hydrogen (secondary N) is 1. The number of nitriles is 1. The van der Waals surface area contributed by atoms with Crippen molar-refractivity contribution in [1.82, 2.24) is 5.32 Å². The second kappa shape index (κ2) is 8.06. The maximum atomic E-state index is 11.4. The summed E-state index contributed by atoms with van der Waals surface area (Å²) in [7, 11) is 0. The SMILES string of the molecule is CCOC(=O)CSc1ccc(CNC(C)(C)C)cc1C#N. The minimum Gasteiger partial charge on any atom is -0.465 e. The molecule has 4 nitrogen and oxygen atoms in total. The van der Waals surface area contributed by atoms with Crippen LogP contribution in [0.25, 0.3) is 0 Å². The topological polar surface area (TPSA) is 62.1 Å². The van der Waals surface area contributed by atoms with Crippen LogP contribution in [0.1, 0.15) is 38.8 Å². The summed E-state index contributed by atoms with van der Waals surface area (Å²) < 4.78 is 4.88. The zero-order chi connectivity index (χ0) is 15.9. The molecule has 1 N–H and O–H groups in total. The second-order valence-electron chi connectivity index (χ2n) is 5.64. The highest BCUT2D eigenvalue weighted by molar-refractivity contribution is 8.00. The number of nitrogens with zero attached hydrogens (tertiary/aromatic N) is 1. The molecule has 0 bridgehead atoms. The predicted octanol–water partition coefficient (Wildman–Crippen LogP) is 3.10. The summed E-state index contributed by atoms with van der Waals surface area (Å²) in [6.07, 6.45) is 0. The molecule has 0 atom stereocenters. The molecule has 5 heteroatoms. The molecular formula is C16H22N2O2S. The highest BCUT2D eigenvalue weighted by Crippen LogP contribution is 2.23. The van der Waals surface area contributed by atoms with Gasteiger partial charge in [-0.2, -0.15) is 5.26 Å². The van der Waals surface area contributed by atoms with Crippen molar-refractivity contribution >= 4 is 17.7 Å². The minimum absolute atomic E-state index is 0.0319. The van der Waals surface area contributed by atoms with E-state index in [1.165, 1.54) is 11.8 Å². The Morgan fingerprint density at radius 2 is 2.14 bits per heavy atom. The van der Waals surface area contributed by atoms with Gasteiger partial charge in [0.1, 0.15) is 6.07 Å². The lowest BCUT2D eigenvalue weighted by Gasteiger charge is -2.20. The fourth-order valence-corrected chi connectivity index (χ4v) is 2.39. The molecule has 1 rings (SSSR count). The van der Waals surface area contributed by atoms with Crippen LogP contribution in [0.15, 0.2) is 23.1 Å². The van der Waals surface area contributed by atoms with E-state index in [1.807, 2.05) is 18.2 Å². The van der Waals surface area contributed by atoms with Gasteiger partial charge in [-0.05, 0) is 45.4 Å². The Kier molecular flexibility index (Phi) is 6.73. The lowest BCUT2D eigenvalue weighted by molar-refractivity contribution is -0.139. The summed E-state index contributed by atoms with van der Waals surface area (Å²) in [5, 5.41) is 12.6. The van der Waals surface area contributed by atoms with Gasteiger partial charge in [0.25, 0.3) is 0 Å². The monoisotopic (exact) mass is 306 g/mol. The normalized spacial score (nSPS) is 11.0. The van der Waals surface area contributed by atoms with Gasteiger partial charge in [-0.1, -0.05) is 6.07 Å². The van der Waals surface area contributed by atoms with Gasteiger partial charge in [-0.15, -0.1) is 11.8 Å². The molecule has 21 heavy (non-hydrogen) atoms. The first-order valence-corrected chi connectivity index (χ1v) is 7.90. The van der Waals surface area contributed by atoms with Crippen molar-refractivity contribution in [1.29, 1.82) is 5.26 Å². The molecule has 1 aromatic rings. The summed E-state index contributed by atoms with van der Waals surface area (Å²) >= 11 is 1.33. The molecular weight excluding hydrogens is 284 g/mol. The molecule has 0 aliphatic rings. The van der Waals surface area contributed by atoms with Gasteiger partial charge in [0.2, 0.25) is 0 Å². The molecule has 0 spiro atoms. The molecule has 0 amide bonds. The number of carbonyl (C=O) groups excluding carboxylic acids is 1. The van der Waals surface area contributed by atoms with E-state index in [9.17, 15) is 10.1 Å². The number of benzene rings is 1. The average Bonchev–Trinajstić information content (AvgIpc) is 2.42. The van der Waals surface area contributed by atoms with E-state index >= 15 is 0 Å². The van der Waals surface area contributed by atoms with Crippen molar-refractivity contribution in [2.24, 2.45) is 0 Å². The Morgan fingerprint density at radius 3 is 2.71 bits per heavy atom. The molecule has 0 aliphatic heterocycles. The molecule has 0 unspecified atom stereocenters. The van der Waals surface area contributed by atoms with Crippen molar-refractivity contribution in [3.8, 4) is 6.07 Å². The van der Waals surface area contributed by atoms with E-state index < -0.39 is 0 Å². The molecule has 114 valence electrons. The standard InChI is InChI=1S/C16H22N2O2S/c1-5-20-15(19)11-21-14-7-6-12(8-13(14)9-17)10-18-16(2,3)4/h6-8,18H,5,10-11H2,1-4H3. The smallest absolute Gasteiger partial charge is 0.316 e. The van der Waals surface area contributed by atoms with Crippen LogP contribution in [0.4, 0.5) is 0 Å². The minimum atomic E-state index is -0.259. The van der Waals surface area contributed by atoms with Crippen molar-refractivity contribution in [3.63, 3.8) is 0 Å². The number of thioether (sulfide) groups is 1. The highest BCUT2D eigenvalue weighted by atomic mass is 32.2. The van der Waals surface area contributed by atoms with Crippen LogP contribution >= 0.6 is 11.8 Å². The molecule has 0 fully saturated rings. The number of hydrogen-bond acceptors (Lipinski definition) is 5. The summed E-state index contributed by atoms with van der Waals surface area (Å²) in [5.74, 6) is -0.0351. The quantitative estimate of drug-likeness (QED) is 0.646. The first-order chi connectivity index (χ1) is 9.85. The van der Waals surface area contributed by atoms with Crippen LogP contribution < -0.4 is 5.32 Å². The molecule has 1 aromatic carbocycles. The van der Waals surface area contributed by atoms with E-state index in [2.05, 4.69) is 32.2 Å². The lowest BCUT2D eigenvalue weighted by atomic mass is 10.1. The third-order valence-corrected chi connectivity index (χ3v) is 3.69. The van der Waals surface area contributed by atoms with Crippen molar-refractivity contribution in [2.45, 2.75) is 44.7 Å². The number of ether oxygens (including phenoxy) is 1. The number of rotatable bonds is 6.